The first-order chi connectivity index (χ1) is 9.72. The Labute approximate surface area is 123 Å². The van der Waals surface area contributed by atoms with Crippen LogP contribution in [0.15, 0.2) is 24.3 Å². The summed E-state index contributed by atoms with van der Waals surface area (Å²) >= 11 is 5.91. The molecule has 1 saturated heterocycles. The highest BCUT2D eigenvalue weighted by molar-refractivity contribution is 6.30. The van der Waals surface area contributed by atoms with E-state index in [0.29, 0.717) is 23.8 Å². The van der Waals surface area contributed by atoms with Gasteiger partial charge in [-0.2, -0.15) is 0 Å². The Kier molecular flexibility index (Phi) is 4.24. The van der Waals surface area contributed by atoms with Crippen molar-refractivity contribution >= 4 is 17.5 Å². The molecule has 1 aliphatic heterocycles. The molecule has 20 heavy (non-hydrogen) atoms. The zero-order valence-electron chi connectivity index (χ0n) is 11.2. The lowest BCUT2D eigenvalue weighted by molar-refractivity contribution is -0.157. The molecule has 108 valence electrons. The van der Waals surface area contributed by atoms with Crippen molar-refractivity contribution in [3.8, 4) is 0 Å². The molecular weight excluding hydrogens is 278 g/mol. The van der Waals surface area contributed by atoms with Crippen LogP contribution >= 0.6 is 11.6 Å². The Balaban J connectivity index is 1.59. The van der Waals surface area contributed by atoms with Crippen molar-refractivity contribution in [2.75, 3.05) is 13.2 Å². The Morgan fingerprint density at radius 3 is 2.80 bits per heavy atom. The van der Waals surface area contributed by atoms with Crippen LogP contribution in [0.25, 0.3) is 0 Å². The normalized spacial score (nSPS) is 29.6. The minimum absolute atomic E-state index is 0.0762. The number of hydrogen-bond acceptors (Lipinski definition) is 3. The number of carbonyl (C=O) groups excluding carboxylic acids is 1. The number of benzene rings is 1. The van der Waals surface area contributed by atoms with Gasteiger partial charge in [0, 0.05) is 16.6 Å². The Morgan fingerprint density at radius 2 is 2.00 bits per heavy atom. The number of fused-ring (bicyclic) bond motifs is 1. The number of amides is 1. The van der Waals surface area contributed by atoms with Crippen LogP contribution < -0.4 is 5.32 Å². The monoisotopic (exact) mass is 295 g/mol. The van der Waals surface area contributed by atoms with Crippen LogP contribution in [0.4, 0.5) is 0 Å². The Hall–Kier alpha value is -1.10. The first-order valence-electron chi connectivity index (χ1n) is 7.02. The van der Waals surface area contributed by atoms with E-state index in [1.165, 1.54) is 0 Å². The highest BCUT2D eigenvalue weighted by atomic mass is 35.5. The standard InChI is InChI=1S/C15H18ClNO3/c16-11-3-1-2-10(8-11)15(18)17-12-4-5-13-14(9-12)20-7-6-19-13/h1-3,8,12-14H,4-7,9H2,(H,17,18)/t12-,13+,14+/m1/s1. The van der Waals surface area contributed by atoms with E-state index in [-0.39, 0.29) is 24.2 Å². The molecule has 1 N–H and O–H groups in total. The van der Waals surface area contributed by atoms with E-state index in [0.717, 1.165) is 19.3 Å². The SMILES string of the molecule is O=C(N[C@@H]1CC[C@@H]2OCCO[C@H]2C1)c1cccc(Cl)c1. The number of ether oxygens (including phenoxy) is 2. The largest absolute Gasteiger partial charge is 0.373 e. The molecule has 0 aromatic heterocycles. The molecule has 1 aliphatic carbocycles. The smallest absolute Gasteiger partial charge is 0.251 e. The van der Waals surface area contributed by atoms with Gasteiger partial charge in [-0.05, 0) is 37.5 Å². The summed E-state index contributed by atoms with van der Waals surface area (Å²) in [6.45, 7) is 1.33. The van der Waals surface area contributed by atoms with Crippen molar-refractivity contribution < 1.29 is 14.3 Å². The molecule has 4 nitrogen and oxygen atoms in total. The minimum atomic E-state index is -0.0762. The maximum absolute atomic E-state index is 12.2. The lowest BCUT2D eigenvalue weighted by Crippen LogP contribution is -2.49. The molecule has 1 heterocycles. The van der Waals surface area contributed by atoms with Crippen LogP contribution in [0, 0.1) is 0 Å². The van der Waals surface area contributed by atoms with Crippen LogP contribution in [0.5, 0.6) is 0 Å². The molecular formula is C15H18ClNO3. The molecule has 1 aromatic carbocycles. The van der Waals surface area contributed by atoms with Crippen molar-refractivity contribution in [1.29, 1.82) is 0 Å². The van der Waals surface area contributed by atoms with Gasteiger partial charge in [-0.3, -0.25) is 4.79 Å². The van der Waals surface area contributed by atoms with Crippen LogP contribution in [0.2, 0.25) is 5.02 Å². The van der Waals surface area contributed by atoms with Crippen molar-refractivity contribution in [1.82, 2.24) is 5.32 Å². The van der Waals surface area contributed by atoms with E-state index >= 15 is 0 Å². The van der Waals surface area contributed by atoms with Gasteiger partial charge in [0.05, 0.1) is 25.4 Å². The number of rotatable bonds is 2. The summed E-state index contributed by atoms with van der Waals surface area (Å²) in [4.78, 5) is 12.2. The first-order valence-corrected chi connectivity index (χ1v) is 7.40. The average Bonchev–Trinajstić information content (AvgIpc) is 2.47. The van der Waals surface area contributed by atoms with Crippen LogP contribution in [-0.4, -0.2) is 37.4 Å². The van der Waals surface area contributed by atoms with E-state index in [9.17, 15) is 4.79 Å². The highest BCUT2D eigenvalue weighted by Gasteiger charge is 2.34. The number of nitrogens with one attached hydrogen (secondary N) is 1. The van der Waals surface area contributed by atoms with Crippen molar-refractivity contribution in [2.24, 2.45) is 0 Å². The molecule has 1 saturated carbocycles. The molecule has 5 heteroatoms. The predicted molar refractivity (Wildman–Crippen MR) is 76.0 cm³/mol. The van der Waals surface area contributed by atoms with Gasteiger partial charge in [0.1, 0.15) is 0 Å². The summed E-state index contributed by atoms with van der Waals surface area (Å²) in [5.74, 6) is -0.0762. The van der Waals surface area contributed by atoms with Gasteiger partial charge in [0.15, 0.2) is 0 Å². The van der Waals surface area contributed by atoms with Crippen LogP contribution in [0.3, 0.4) is 0 Å². The molecule has 0 radical (unpaired) electrons. The first kappa shape index (κ1) is 13.9. The summed E-state index contributed by atoms with van der Waals surface area (Å²) in [6, 6.07) is 7.14. The van der Waals surface area contributed by atoms with Gasteiger partial charge in [-0.1, -0.05) is 17.7 Å². The second-order valence-corrected chi connectivity index (χ2v) is 5.75. The third-order valence-corrected chi connectivity index (χ3v) is 4.14. The van der Waals surface area contributed by atoms with E-state index in [2.05, 4.69) is 5.32 Å². The third kappa shape index (κ3) is 3.14. The van der Waals surface area contributed by atoms with E-state index < -0.39 is 0 Å². The molecule has 2 fully saturated rings. The van der Waals surface area contributed by atoms with E-state index in [1.807, 2.05) is 0 Å². The van der Waals surface area contributed by atoms with Crippen LogP contribution in [0.1, 0.15) is 29.6 Å². The second kappa shape index (κ2) is 6.12. The predicted octanol–water partition coefficient (Wildman–Crippen LogP) is 2.41. The Morgan fingerprint density at radius 1 is 1.20 bits per heavy atom. The van der Waals surface area contributed by atoms with Gasteiger partial charge in [-0.15, -0.1) is 0 Å². The fourth-order valence-electron chi connectivity index (χ4n) is 2.90. The Bertz CT molecular complexity index is 494. The lowest BCUT2D eigenvalue weighted by Gasteiger charge is -2.39. The third-order valence-electron chi connectivity index (χ3n) is 3.90. The van der Waals surface area contributed by atoms with Crippen molar-refractivity contribution in [3.63, 3.8) is 0 Å². The average molecular weight is 296 g/mol. The van der Waals surface area contributed by atoms with Gasteiger partial charge >= 0.3 is 0 Å². The van der Waals surface area contributed by atoms with E-state index in [1.54, 1.807) is 24.3 Å². The van der Waals surface area contributed by atoms with Gasteiger partial charge < -0.3 is 14.8 Å². The molecule has 2 aliphatic rings. The molecule has 1 aromatic rings. The lowest BCUT2D eigenvalue weighted by atomic mass is 9.89. The summed E-state index contributed by atoms with van der Waals surface area (Å²) in [5, 5.41) is 3.64. The molecule has 0 spiro atoms. The minimum Gasteiger partial charge on any atom is -0.373 e. The zero-order chi connectivity index (χ0) is 13.9. The fraction of sp³-hybridized carbons (Fsp3) is 0.533. The highest BCUT2D eigenvalue weighted by Crippen LogP contribution is 2.27. The van der Waals surface area contributed by atoms with E-state index in [4.69, 9.17) is 21.1 Å². The summed E-state index contributed by atoms with van der Waals surface area (Å²) in [5.41, 5.74) is 0.598. The number of halogens is 1. The second-order valence-electron chi connectivity index (χ2n) is 5.31. The summed E-state index contributed by atoms with van der Waals surface area (Å²) in [6.07, 6.45) is 2.99. The topological polar surface area (TPSA) is 47.6 Å². The van der Waals surface area contributed by atoms with Crippen molar-refractivity contribution in [2.45, 2.75) is 37.5 Å². The van der Waals surface area contributed by atoms with Gasteiger partial charge in [-0.25, -0.2) is 0 Å². The summed E-state index contributed by atoms with van der Waals surface area (Å²) < 4.78 is 11.4. The van der Waals surface area contributed by atoms with Crippen molar-refractivity contribution in [3.05, 3.63) is 34.9 Å². The quantitative estimate of drug-likeness (QED) is 0.911. The molecule has 3 rings (SSSR count). The maximum atomic E-state index is 12.2. The maximum Gasteiger partial charge on any atom is 0.251 e. The van der Waals surface area contributed by atoms with Crippen LogP contribution in [-0.2, 0) is 9.47 Å². The zero-order valence-corrected chi connectivity index (χ0v) is 11.9. The molecule has 0 bridgehead atoms. The number of hydrogen-bond donors (Lipinski definition) is 1. The summed E-state index contributed by atoms with van der Waals surface area (Å²) in [7, 11) is 0. The molecule has 3 atom stereocenters. The van der Waals surface area contributed by atoms with Gasteiger partial charge in [0.25, 0.3) is 5.91 Å². The number of carbonyl (C=O) groups is 1. The van der Waals surface area contributed by atoms with Gasteiger partial charge in [0.2, 0.25) is 0 Å². The molecule has 1 amide bonds. The fourth-order valence-corrected chi connectivity index (χ4v) is 3.09. The molecule has 0 unspecified atom stereocenters.